The number of imidazole rings is 2. The van der Waals surface area contributed by atoms with Gasteiger partial charge in [0.2, 0.25) is 11.8 Å². The van der Waals surface area contributed by atoms with Crippen molar-refractivity contribution in [1.29, 1.82) is 5.26 Å². The molecule has 2 aliphatic heterocycles. The molecule has 15 heteroatoms. The van der Waals surface area contributed by atoms with Gasteiger partial charge in [-0.2, -0.15) is 5.26 Å². The number of hydrogen-bond donors (Lipinski definition) is 4. The fourth-order valence-corrected chi connectivity index (χ4v) is 9.74. The van der Waals surface area contributed by atoms with Gasteiger partial charge in [-0.1, -0.05) is 90.1 Å². The fourth-order valence-electron chi connectivity index (χ4n) is 9.74. The van der Waals surface area contributed by atoms with Crippen LogP contribution >= 0.6 is 0 Å². The second-order valence-corrected chi connectivity index (χ2v) is 19.6. The average molecular weight is 870 g/mol. The number of fused-ring (bicyclic) bond motifs is 1. The number of methoxy groups -OCH3 is 2. The first kappa shape index (κ1) is 44.2. The highest BCUT2D eigenvalue weighted by molar-refractivity contribution is 5.88. The zero-order chi connectivity index (χ0) is 45.7. The van der Waals surface area contributed by atoms with Gasteiger partial charge < -0.3 is 39.9 Å². The molecule has 2 aromatic heterocycles. The normalized spacial score (nSPS) is 24.2. The van der Waals surface area contributed by atoms with Crippen LogP contribution in [0.5, 0.6) is 0 Å². The maximum atomic E-state index is 14.0. The third-order valence-electron chi connectivity index (χ3n) is 13.7. The molecule has 4 N–H and O–H groups in total. The Morgan fingerprint density at radius 1 is 0.859 bits per heavy atom. The zero-order valence-corrected chi connectivity index (χ0v) is 37.9. The summed E-state index contributed by atoms with van der Waals surface area (Å²) in [5, 5.41) is 15.3. The topological polar surface area (TPSA) is 198 Å². The van der Waals surface area contributed by atoms with Gasteiger partial charge in [0, 0.05) is 19.0 Å². The summed E-state index contributed by atoms with van der Waals surface area (Å²) in [6.45, 7) is 12.6. The average Bonchev–Trinajstić information content (AvgIpc) is 3.78. The van der Waals surface area contributed by atoms with Gasteiger partial charge in [0.25, 0.3) is 0 Å². The summed E-state index contributed by atoms with van der Waals surface area (Å²) in [5.41, 5.74) is 6.62. The maximum Gasteiger partial charge on any atom is 0.407 e. The van der Waals surface area contributed by atoms with Crippen molar-refractivity contribution in [2.24, 2.45) is 34.5 Å². The molecule has 1 spiro atoms. The smallest absolute Gasteiger partial charge is 0.407 e. The van der Waals surface area contributed by atoms with E-state index in [1.807, 2.05) is 45.7 Å². The van der Waals surface area contributed by atoms with Gasteiger partial charge in [-0.25, -0.2) is 19.6 Å². The SMILES string of the molecule is COC(=O)N[C@H](C(=O)N1CC2(CC2)C[C@H]1c1ncc(-c2ccc(C3=CC4C(=CC(c5cnc([C@@H]6C[C@H](C#N)CN6C(=O)[C@@H](NC(=O)OC)C(C)(C)C)[nH]5)=CC4C)C=C3)cc2)[nH]1)C(C)C. The van der Waals surface area contributed by atoms with Crippen LogP contribution in [0.2, 0.25) is 0 Å². The lowest BCUT2D eigenvalue weighted by Gasteiger charge is -2.34. The number of amides is 4. The summed E-state index contributed by atoms with van der Waals surface area (Å²) >= 11 is 0. The summed E-state index contributed by atoms with van der Waals surface area (Å²) < 4.78 is 9.64. The molecule has 15 nitrogen and oxygen atoms in total. The molecule has 7 atom stereocenters. The Bertz CT molecular complexity index is 2480. The van der Waals surface area contributed by atoms with Crippen LogP contribution in [0.1, 0.15) is 102 Å². The summed E-state index contributed by atoms with van der Waals surface area (Å²) in [4.78, 5) is 72.4. The molecule has 2 saturated heterocycles. The fraction of sp³-hybridized carbons (Fsp3) is 0.490. The van der Waals surface area contributed by atoms with Gasteiger partial charge in [-0.05, 0) is 82.3 Å². The highest BCUT2D eigenvalue weighted by Gasteiger charge is 2.55. The van der Waals surface area contributed by atoms with Crippen LogP contribution in [0, 0.1) is 45.8 Å². The Labute approximate surface area is 374 Å². The number of likely N-dealkylation sites (tertiary alicyclic amines) is 2. The number of nitrogens with zero attached hydrogens (tertiary/aromatic N) is 5. The van der Waals surface area contributed by atoms with Crippen LogP contribution in [0.4, 0.5) is 9.59 Å². The molecule has 64 heavy (non-hydrogen) atoms. The lowest BCUT2D eigenvalue weighted by atomic mass is 9.76. The lowest BCUT2D eigenvalue weighted by Crippen LogP contribution is -2.54. The number of nitrogens with one attached hydrogen (secondary N) is 4. The van der Waals surface area contributed by atoms with E-state index in [1.54, 1.807) is 11.1 Å². The quantitative estimate of drug-likeness (QED) is 0.158. The van der Waals surface area contributed by atoms with Crippen molar-refractivity contribution in [2.45, 2.75) is 91.4 Å². The number of allylic oxidation sites excluding steroid dienone is 8. The molecule has 4 heterocycles. The lowest BCUT2D eigenvalue weighted by molar-refractivity contribution is -0.137. The van der Waals surface area contributed by atoms with Crippen molar-refractivity contribution in [3.05, 3.63) is 95.5 Å². The molecular weight excluding hydrogens is 811 g/mol. The number of benzene rings is 1. The number of carbonyl (C=O) groups is 4. The first-order valence-electron chi connectivity index (χ1n) is 22.2. The van der Waals surface area contributed by atoms with E-state index < -0.39 is 35.7 Å². The Morgan fingerprint density at radius 2 is 1.50 bits per heavy atom. The number of carbonyl (C=O) groups excluding carboxylic acids is 4. The highest BCUT2D eigenvalue weighted by atomic mass is 16.5. The summed E-state index contributed by atoms with van der Waals surface area (Å²) in [5.74, 6) is 0.821. The van der Waals surface area contributed by atoms with Crippen molar-refractivity contribution < 1.29 is 28.7 Å². The molecule has 8 rings (SSSR count). The van der Waals surface area contributed by atoms with Crippen LogP contribution in [0.15, 0.2) is 72.6 Å². The van der Waals surface area contributed by atoms with E-state index in [0.717, 1.165) is 58.7 Å². The summed E-state index contributed by atoms with van der Waals surface area (Å²) in [7, 11) is 2.57. The first-order chi connectivity index (χ1) is 30.5. The standard InChI is InChI=1S/C49H59N9O6/c1-27(2)40(55-46(61)63-7)44(59)58-26-49(15-16-49)21-39(58)43-52-23-36(53-43)31-11-9-30(10-12-31)32-13-14-33-19-34(17-28(3)35(33)20-32)37-24-51-42(54-37)38-18-29(22-50)25-57(38)45(60)41(48(4,5)6)56-47(62)64-8/h9-14,17,19-20,23-24,27-29,35,38-41H,15-16,18,21,25-26H2,1-8H3,(H,51,54)(H,52,53)(H,55,61)(H,56,62)/t28?,29-,35?,38+,39+,40+,41-/m1/s1. The molecule has 0 bridgehead atoms. The molecule has 3 fully saturated rings. The zero-order valence-electron chi connectivity index (χ0n) is 37.9. The summed E-state index contributed by atoms with van der Waals surface area (Å²) in [6.07, 6.45) is 16.8. The number of alkyl carbamates (subject to hydrolysis) is 2. The minimum atomic E-state index is -0.858. The number of aromatic nitrogens is 4. The maximum absolute atomic E-state index is 14.0. The Morgan fingerprint density at radius 3 is 2.14 bits per heavy atom. The monoisotopic (exact) mass is 869 g/mol. The highest BCUT2D eigenvalue weighted by Crippen LogP contribution is 2.58. The molecule has 1 saturated carbocycles. The third kappa shape index (κ3) is 8.74. The van der Waals surface area contributed by atoms with E-state index in [4.69, 9.17) is 19.4 Å². The molecule has 336 valence electrons. The van der Waals surface area contributed by atoms with E-state index in [2.05, 4.69) is 88.2 Å². The van der Waals surface area contributed by atoms with Crippen LogP contribution in [0.25, 0.3) is 22.4 Å². The minimum Gasteiger partial charge on any atom is -0.453 e. The van der Waals surface area contributed by atoms with Crippen molar-refractivity contribution in [2.75, 3.05) is 27.3 Å². The second kappa shape index (κ2) is 17.3. The molecule has 2 unspecified atom stereocenters. The van der Waals surface area contributed by atoms with Gasteiger partial charge in [0.15, 0.2) is 0 Å². The van der Waals surface area contributed by atoms with Crippen LogP contribution < -0.4 is 10.6 Å². The van der Waals surface area contributed by atoms with Gasteiger partial charge in [-0.15, -0.1) is 0 Å². The van der Waals surface area contributed by atoms with E-state index in [-0.39, 0.29) is 53.5 Å². The van der Waals surface area contributed by atoms with Crippen molar-refractivity contribution >= 4 is 35.1 Å². The molecule has 1 aromatic carbocycles. The predicted molar refractivity (Wildman–Crippen MR) is 240 cm³/mol. The summed E-state index contributed by atoms with van der Waals surface area (Å²) in [6, 6.07) is 8.56. The van der Waals surface area contributed by atoms with Crippen molar-refractivity contribution in [1.82, 2.24) is 40.4 Å². The molecule has 0 radical (unpaired) electrons. The minimum absolute atomic E-state index is 0.111. The molecule has 3 aliphatic carbocycles. The van der Waals surface area contributed by atoms with Crippen LogP contribution in [0.3, 0.4) is 0 Å². The van der Waals surface area contributed by atoms with E-state index >= 15 is 0 Å². The van der Waals surface area contributed by atoms with Crippen LogP contribution in [-0.2, 0) is 19.1 Å². The first-order valence-corrected chi connectivity index (χ1v) is 22.2. The molecular formula is C49H59N9O6. The Hall–Kier alpha value is -6.43. The third-order valence-corrected chi connectivity index (χ3v) is 13.7. The van der Waals surface area contributed by atoms with E-state index in [1.165, 1.54) is 19.8 Å². The number of aromatic amines is 2. The van der Waals surface area contributed by atoms with Gasteiger partial charge in [0.1, 0.15) is 23.7 Å². The van der Waals surface area contributed by atoms with Gasteiger partial charge in [0.05, 0.1) is 62.1 Å². The van der Waals surface area contributed by atoms with Crippen molar-refractivity contribution in [3.8, 4) is 17.3 Å². The molecule has 5 aliphatic rings. The number of rotatable bonds is 10. The molecule has 4 amide bonds. The number of H-pyrrole nitrogens is 2. The Kier molecular flexibility index (Phi) is 11.9. The van der Waals surface area contributed by atoms with E-state index in [9.17, 15) is 24.4 Å². The second-order valence-electron chi connectivity index (χ2n) is 19.6. The van der Waals surface area contributed by atoms with Crippen LogP contribution in [-0.4, -0.2) is 93.1 Å². The Balaban J connectivity index is 0.948. The number of hydrogen-bond acceptors (Lipinski definition) is 9. The van der Waals surface area contributed by atoms with Gasteiger partial charge in [-0.3, -0.25) is 9.59 Å². The van der Waals surface area contributed by atoms with E-state index in [0.29, 0.717) is 18.8 Å². The van der Waals surface area contributed by atoms with Gasteiger partial charge >= 0.3 is 12.2 Å². The van der Waals surface area contributed by atoms with Crippen molar-refractivity contribution in [3.63, 3.8) is 0 Å². The largest absolute Gasteiger partial charge is 0.453 e. The molecule has 3 aromatic rings. The predicted octanol–water partition coefficient (Wildman–Crippen LogP) is 7.65. The number of ether oxygens (including phenoxy) is 2. The number of nitriles is 1.